The molecule has 7 nitrogen and oxygen atoms in total. The summed E-state index contributed by atoms with van der Waals surface area (Å²) in [5.74, 6) is -0.494. The van der Waals surface area contributed by atoms with E-state index in [1.54, 1.807) is 14.0 Å². The standard InChI is InChI=1S/C15H16Cl2N2O5/c1-7-9(6-20)14(19(3)18-7)24-13-5-12(10(16)4-11(13)17)23-8(2)15(21)22/h4-5,8,20H,6H2,1-3H3,(H,21,22). The van der Waals surface area contributed by atoms with E-state index in [0.29, 0.717) is 17.1 Å². The van der Waals surface area contributed by atoms with Crippen molar-refractivity contribution in [3.05, 3.63) is 33.4 Å². The van der Waals surface area contributed by atoms with E-state index < -0.39 is 12.1 Å². The monoisotopic (exact) mass is 374 g/mol. The van der Waals surface area contributed by atoms with Crippen molar-refractivity contribution in [1.29, 1.82) is 0 Å². The summed E-state index contributed by atoms with van der Waals surface area (Å²) in [5, 5.41) is 22.9. The number of benzene rings is 1. The smallest absolute Gasteiger partial charge is 0.344 e. The molecule has 1 aromatic carbocycles. The summed E-state index contributed by atoms with van der Waals surface area (Å²) in [6.45, 7) is 2.87. The van der Waals surface area contributed by atoms with Crippen LogP contribution in [0, 0.1) is 6.92 Å². The number of aliphatic hydroxyl groups is 1. The molecule has 0 aliphatic heterocycles. The number of carboxylic acids is 1. The lowest BCUT2D eigenvalue weighted by molar-refractivity contribution is -0.144. The Morgan fingerprint density at radius 1 is 1.33 bits per heavy atom. The van der Waals surface area contributed by atoms with E-state index in [2.05, 4.69) is 5.10 Å². The van der Waals surface area contributed by atoms with E-state index in [1.165, 1.54) is 23.7 Å². The van der Waals surface area contributed by atoms with Crippen LogP contribution in [0.25, 0.3) is 0 Å². The predicted octanol–water partition coefficient (Wildman–Crippen LogP) is 3.17. The Kier molecular flexibility index (Phi) is 5.58. The van der Waals surface area contributed by atoms with Crippen molar-refractivity contribution >= 4 is 29.2 Å². The predicted molar refractivity (Wildman–Crippen MR) is 88.1 cm³/mol. The molecular formula is C15H16Cl2N2O5. The normalized spacial score (nSPS) is 12.1. The fourth-order valence-electron chi connectivity index (χ4n) is 2.01. The zero-order chi connectivity index (χ0) is 18.0. The van der Waals surface area contributed by atoms with Crippen LogP contribution in [0.2, 0.25) is 10.0 Å². The summed E-state index contributed by atoms with van der Waals surface area (Å²) >= 11 is 12.2. The van der Waals surface area contributed by atoms with E-state index in [-0.39, 0.29) is 28.2 Å². The van der Waals surface area contributed by atoms with Gasteiger partial charge in [-0.1, -0.05) is 23.2 Å². The van der Waals surface area contributed by atoms with E-state index in [9.17, 15) is 9.90 Å². The van der Waals surface area contributed by atoms with Gasteiger partial charge in [0.2, 0.25) is 5.88 Å². The Hall–Kier alpha value is -1.96. The number of rotatable bonds is 6. The van der Waals surface area contributed by atoms with Crippen LogP contribution in [0.4, 0.5) is 0 Å². The lowest BCUT2D eigenvalue weighted by Crippen LogP contribution is -2.23. The maximum absolute atomic E-state index is 10.9. The number of nitrogens with zero attached hydrogens (tertiary/aromatic N) is 2. The maximum atomic E-state index is 10.9. The molecule has 1 unspecified atom stereocenters. The highest BCUT2D eigenvalue weighted by atomic mass is 35.5. The average molecular weight is 375 g/mol. The van der Waals surface area contributed by atoms with Gasteiger partial charge in [-0.3, -0.25) is 0 Å². The molecule has 0 saturated carbocycles. The molecule has 0 aliphatic rings. The molecule has 0 radical (unpaired) electrons. The van der Waals surface area contributed by atoms with Gasteiger partial charge in [0, 0.05) is 13.1 Å². The van der Waals surface area contributed by atoms with Crippen LogP contribution in [-0.4, -0.2) is 32.1 Å². The molecule has 2 aromatic rings. The molecule has 2 N–H and O–H groups in total. The van der Waals surface area contributed by atoms with Crippen LogP contribution in [0.15, 0.2) is 12.1 Å². The van der Waals surface area contributed by atoms with Crippen LogP contribution >= 0.6 is 23.2 Å². The minimum Gasteiger partial charge on any atom is -0.479 e. The third-order valence-corrected chi connectivity index (χ3v) is 3.88. The Balaban J connectivity index is 2.39. The molecule has 0 bridgehead atoms. The molecule has 1 heterocycles. The quantitative estimate of drug-likeness (QED) is 0.806. The van der Waals surface area contributed by atoms with Gasteiger partial charge in [-0.15, -0.1) is 0 Å². The minimum atomic E-state index is -1.13. The minimum absolute atomic E-state index is 0.121. The summed E-state index contributed by atoms with van der Waals surface area (Å²) in [5.41, 5.74) is 1.14. The van der Waals surface area contributed by atoms with Crippen molar-refractivity contribution in [1.82, 2.24) is 9.78 Å². The van der Waals surface area contributed by atoms with Gasteiger partial charge >= 0.3 is 5.97 Å². The molecule has 0 aliphatic carbocycles. The molecule has 0 amide bonds. The van der Waals surface area contributed by atoms with Gasteiger partial charge in [0.15, 0.2) is 11.9 Å². The topological polar surface area (TPSA) is 93.8 Å². The van der Waals surface area contributed by atoms with Gasteiger partial charge in [-0.05, 0) is 19.9 Å². The summed E-state index contributed by atoms with van der Waals surface area (Å²) in [6.07, 6.45) is -1.09. The first kappa shape index (κ1) is 18.4. The fraction of sp³-hybridized carbons (Fsp3) is 0.333. The second kappa shape index (κ2) is 7.29. The molecule has 2 rings (SSSR count). The Morgan fingerprint density at radius 3 is 2.54 bits per heavy atom. The summed E-state index contributed by atoms with van der Waals surface area (Å²) in [6, 6.07) is 2.79. The number of hydrogen-bond acceptors (Lipinski definition) is 5. The van der Waals surface area contributed by atoms with Gasteiger partial charge in [0.25, 0.3) is 0 Å². The molecule has 24 heavy (non-hydrogen) atoms. The molecule has 0 saturated heterocycles. The van der Waals surface area contributed by atoms with E-state index in [4.69, 9.17) is 37.8 Å². The summed E-state index contributed by atoms with van der Waals surface area (Å²) < 4.78 is 12.5. The zero-order valence-electron chi connectivity index (χ0n) is 13.2. The molecular weight excluding hydrogens is 359 g/mol. The first-order valence-corrected chi connectivity index (χ1v) is 7.69. The number of halogens is 2. The van der Waals surface area contributed by atoms with Crippen LogP contribution in [0.3, 0.4) is 0 Å². The number of hydrogen-bond donors (Lipinski definition) is 2. The summed E-state index contributed by atoms with van der Waals surface area (Å²) in [7, 11) is 1.66. The van der Waals surface area contributed by atoms with Gasteiger partial charge < -0.3 is 19.7 Å². The van der Waals surface area contributed by atoms with E-state index in [1.807, 2.05) is 0 Å². The number of aromatic nitrogens is 2. The molecule has 0 spiro atoms. The van der Waals surface area contributed by atoms with Crippen LogP contribution in [0.5, 0.6) is 17.4 Å². The third-order valence-electron chi connectivity index (χ3n) is 3.29. The van der Waals surface area contributed by atoms with Gasteiger partial charge in [0.05, 0.1) is 27.9 Å². The van der Waals surface area contributed by atoms with E-state index >= 15 is 0 Å². The lowest BCUT2D eigenvalue weighted by Gasteiger charge is -2.15. The van der Waals surface area contributed by atoms with Crippen molar-refractivity contribution in [3.63, 3.8) is 0 Å². The van der Waals surface area contributed by atoms with Gasteiger partial charge in [-0.2, -0.15) is 5.10 Å². The Morgan fingerprint density at radius 2 is 1.96 bits per heavy atom. The number of aliphatic carboxylic acids is 1. The second-order valence-electron chi connectivity index (χ2n) is 5.06. The first-order valence-electron chi connectivity index (χ1n) is 6.94. The number of carboxylic acid groups (broad SMARTS) is 1. The van der Waals surface area contributed by atoms with Crippen molar-refractivity contribution in [2.24, 2.45) is 7.05 Å². The highest BCUT2D eigenvalue weighted by molar-refractivity contribution is 6.36. The highest BCUT2D eigenvalue weighted by Gasteiger charge is 2.20. The Labute approximate surface area is 148 Å². The van der Waals surface area contributed by atoms with Crippen molar-refractivity contribution < 1.29 is 24.5 Å². The maximum Gasteiger partial charge on any atom is 0.344 e. The van der Waals surface area contributed by atoms with Gasteiger partial charge in [-0.25, -0.2) is 9.48 Å². The lowest BCUT2D eigenvalue weighted by atomic mass is 10.2. The molecule has 9 heteroatoms. The SMILES string of the molecule is Cc1nn(C)c(Oc2cc(OC(C)C(=O)O)c(Cl)cc2Cl)c1CO. The fourth-order valence-corrected chi connectivity index (χ4v) is 2.48. The van der Waals surface area contributed by atoms with E-state index in [0.717, 1.165) is 0 Å². The Bertz CT molecular complexity index is 776. The molecule has 0 fully saturated rings. The van der Waals surface area contributed by atoms with Crippen LogP contribution < -0.4 is 9.47 Å². The highest BCUT2D eigenvalue weighted by Crippen LogP contribution is 2.39. The number of carbonyl (C=O) groups is 1. The number of aryl methyl sites for hydroxylation is 2. The third kappa shape index (κ3) is 3.75. The average Bonchev–Trinajstić information content (AvgIpc) is 2.77. The van der Waals surface area contributed by atoms with Crippen LogP contribution in [0.1, 0.15) is 18.2 Å². The van der Waals surface area contributed by atoms with Crippen molar-refractivity contribution in [2.45, 2.75) is 26.6 Å². The van der Waals surface area contributed by atoms with Crippen molar-refractivity contribution in [3.8, 4) is 17.4 Å². The number of ether oxygens (including phenoxy) is 2. The number of aliphatic hydroxyl groups excluding tert-OH is 1. The molecule has 1 atom stereocenters. The van der Waals surface area contributed by atoms with Crippen LogP contribution in [-0.2, 0) is 18.4 Å². The summed E-state index contributed by atoms with van der Waals surface area (Å²) in [4.78, 5) is 10.9. The van der Waals surface area contributed by atoms with Gasteiger partial charge in [0.1, 0.15) is 5.75 Å². The first-order chi connectivity index (χ1) is 11.2. The second-order valence-corrected chi connectivity index (χ2v) is 5.88. The van der Waals surface area contributed by atoms with Crippen molar-refractivity contribution in [2.75, 3.05) is 0 Å². The molecule has 1 aromatic heterocycles. The molecule has 130 valence electrons. The largest absolute Gasteiger partial charge is 0.479 e. The zero-order valence-corrected chi connectivity index (χ0v) is 14.7.